The van der Waals surface area contributed by atoms with E-state index >= 15 is 4.39 Å². The van der Waals surface area contributed by atoms with Crippen molar-refractivity contribution in [2.75, 3.05) is 11.6 Å². The molecule has 0 saturated carbocycles. The van der Waals surface area contributed by atoms with Crippen LogP contribution in [0.3, 0.4) is 0 Å². The van der Waals surface area contributed by atoms with Gasteiger partial charge < -0.3 is 5.32 Å². The lowest BCUT2D eigenvalue weighted by Crippen LogP contribution is -2.34. The van der Waals surface area contributed by atoms with Crippen LogP contribution in [0, 0.1) is 12.7 Å². The molecule has 0 bridgehead atoms. The molecule has 15 heteroatoms. The molecule has 2 heterocycles. The number of fused-ring (bicyclic) bond motifs is 1. The summed E-state index contributed by atoms with van der Waals surface area (Å²) in [5, 5.41) is 2.19. The first kappa shape index (κ1) is 25.8. The first-order chi connectivity index (χ1) is 16.8. The van der Waals surface area contributed by atoms with Gasteiger partial charge in [-0.2, -0.15) is 0 Å². The van der Waals surface area contributed by atoms with Gasteiger partial charge >= 0.3 is 6.03 Å². The van der Waals surface area contributed by atoms with Gasteiger partial charge in [0.05, 0.1) is 25.8 Å². The molecule has 36 heavy (non-hydrogen) atoms. The molecule has 0 aliphatic heterocycles. The molecule has 188 valence electrons. The molecule has 0 saturated heterocycles. The maximum absolute atomic E-state index is 15.0. The van der Waals surface area contributed by atoms with E-state index in [-0.39, 0.29) is 41.5 Å². The fourth-order valence-electron chi connectivity index (χ4n) is 3.33. The highest BCUT2D eigenvalue weighted by atomic mass is 35.5. The zero-order valence-corrected chi connectivity index (χ0v) is 21.6. The number of hydrogen-bond donors (Lipinski definition) is 2. The van der Waals surface area contributed by atoms with E-state index in [1.807, 2.05) is 0 Å². The monoisotopic (exact) mass is 570 g/mol. The Morgan fingerprint density at radius 1 is 1.08 bits per heavy atom. The number of halogens is 2. The van der Waals surface area contributed by atoms with Crippen molar-refractivity contribution in [1.82, 2.24) is 14.3 Å². The zero-order chi connectivity index (χ0) is 26.4. The molecule has 0 radical (unpaired) electrons. The maximum atomic E-state index is 15.0. The summed E-state index contributed by atoms with van der Waals surface area (Å²) < 4.78 is 66.1. The van der Waals surface area contributed by atoms with Gasteiger partial charge in [0.2, 0.25) is 0 Å². The number of nitrogens with zero attached hydrogens (tertiary/aromatic N) is 2. The first-order valence-corrected chi connectivity index (χ1v) is 14.5. The molecule has 2 amide bonds. The molecule has 0 unspecified atom stereocenters. The van der Waals surface area contributed by atoms with Crippen molar-refractivity contribution in [2.24, 2.45) is 0 Å². The Hall–Kier alpha value is -3.33. The van der Waals surface area contributed by atoms with Crippen molar-refractivity contribution in [3.05, 3.63) is 74.9 Å². The Balaban J connectivity index is 1.65. The van der Waals surface area contributed by atoms with Gasteiger partial charge in [-0.15, -0.1) is 11.3 Å². The summed E-state index contributed by atoms with van der Waals surface area (Å²) >= 11 is 6.48. The molecule has 2 aromatic carbocycles. The highest BCUT2D eigenvalue weighted by Gasteiger charge is 2.21. The van der Waals surface area contributed by atoms with Gasteiger partial charge in [-0.25, -0.2) is 35.7 Å². The predicted molar refractivity (Wildman–Crippen MR) is 134 cm³/mol. The van der Waals surface area contributed by atoms with Crippen LogP contribution in [0.15, 0.2) is 62.4 Å². The van der Waals surface area contributed by atoms with Gasteiger partial charge in [-0.3, -0.25) is 9.36 Å². The van der Waals surface area contributed by atoms with Crippen LogP contribution in [-0.2, 0) is 19.9 Å². The summed E-state index contributed by atoms with van der Waals surface area (Å²) in [6.45, 7) is 1.48. The molecule has 4 rings (SSSR count). The van der Waals surface area contributed by atoms with Crippen LogP contribution in [0.1, 0.15) is 5.82 Å². The zero-order valence-electron chi connectivity index (χ0n) is 18.4. The summed E-state index contributed by atoms with van der Waals surface area (Å²) in [6, 6.07) is 8.70. The molecule has 2 N–H and O–H groups in total. The third kappa shape index (κ3) is 5.11. The van der Waals surface area contributed by atoms with Crippen LogP contribution in [0.2, 0.25) is 4.34 Å². The summed E-state index contributed by atoms with van der Waals surface area (Å²) in [6.07, 6.45) is 0.997. The Bertz CT molecular complexity index is 1820. The molecule has 0 spiro atoms. The molecule has 0 atom stereocenters. The van der Waals surface area contributed by atoms with Crippen molar-refractivity contribution >= 4 is 65.4 Å². The second-order valence-electron chi connectivity index (χ2n) is 7.54. The quantitative estimate of drug-likeness (QED) is 0.374. The fraction of sp³-hybridized carbons (Fsp3) is 0.0952. The lowest BCUT2D eigenvalue weighted by atomic mass is 10.2. The summed E-state index contributed by atoms with van der Waals surface area (Å²) in [5.74, 6) is -0.788. The lowest BCUT2D eigenvalue weighted by molar-refractivity contribution is 0.256. The van der Waals surface area contributed by atoms with Crippen LogP contribution < -0.4 is 15.6 Å². The van der Waals surface area contributed by atoms with E-state index in [1.54, 1.807) is 4.72 Å². The summed E-state index contributed by atoms with van der Waals surface area (Å²) in [5.41, 5.74) is -0.749. The normalized spacial score (nSPS) is 12.0. The van der Waals surface area contributed by atoms with E-state index in [1.165, 1.54) is 49.4 Å². The van der Waals surface area contributed by atoms with Gasteiger partial charge in [0.25, 0.3) is 15.6 Å². The van der Waals surface area contributed by atoms with Crippen LogP contribution >= 0.6 is 22.9 Å². The Morgan fingerprint density at radius 3 is 2.42 bits per heavy atom. The van der Waals surface area contributed by atoms with Crippen LogP contribution in [0.25, 0.3) is 16.6 Å². The number of hydrogen-bond acceptors (Lipinski definition) is 8. The highest BCUT2D eigenvalue weighted by Crippen LogP contribution is 2.25. The van der Waals surface area contributed by atoms with E-state index in [9.17, 15) is 26.4 Å². The number of anilines is 1. The van der Waals surface area contributed by atoms with E-state index in [0.717, 1.165) is 28.2 Å². The van der Waals surface area contributed by atoms with Crippen molar-refractivity contribution < 1.29 is 26.0 Å². The number of nitrogens with one attached hydrogen (secondary N) is 2. The average molecular weight is 571 g/mol. The Labute approximate surface area is 213 Å². The van der Waals surface area contributed by atoms with E-state index in [4.69, 9.17) is 11.6 Å². The molecule has 2 aromatic heterocycles. The van der Waals surface area contributed by atoms with Crippen molar-refractivity contribution in [3.63, 3.8) is 0 Å². The second-order valence-corrected chi connectivity index (χ2v) is 13.2. The number of sulfone groups is 1. The van der Waals surface area contributed by atoms with Crippen molar-refractivity contribution in [3.8, 4) is 5.69 Å². The van der Waals surface area contributed by atoms with E-state index in [0.29, 0.717) is 0 Å². The molecule has 0 fully saturated rings. The number of sulfonamides is 1. The standard InChI is InChI=1S/C21H16ClFN4O6S3/c1-11-24-16-5-4-13(35(2,30)31)10-14(16)20(28)27(11)17-6-3-12(9-15(17)23)25-21(29)26-36(32,33)19-8-7-18(22)34-19/h3-10H,1-2H3,(H2,25,26,29). The molecule has 0 aliphatic carbocycles. The summed E-state index contributed by atoms with van der Waals surface area (Å²) in [7, 11) is -7.78. The van der Waals surface area contributed by atoms with Crippen molar-refractivity contribution in [1.29, 1.82) is 0 Å². The number of carbonyl (C=O) groups is 1. The van der Waals surface area contributed by atoms with Gasteiger partial charge in [-0.05, 0) is 55.5 Å². The predicted octanol–water partition coefficient (Wildman–Crippen LogP) is 3.46. The lowest BCUT2D eigenvalue weighted by Gasteiger charge is -2.13. The minimum atomic E-state index is -4.18. The second kappa shape index (κ2) is 9.28. The van der Waals surface area contributed by atoms with Gasteiger partial charge in [0.1, 0.15) is 15.9 Å². The number of aromatic nitrogens is 2. The number of aryl methyl sites for hydroxylation is 1. The minimum absolute atomic E-state index is 0.0246. The minimum Gasteiger partial charge on any atom is -0.307 e. The number of rotatable bonds is 5. The van der Waals surface area contributed by atoms with Gasteiger partial charge in [-0.1, -0.05) is 11.6 Å². The van der Waals surface area contributed by atoms with E-state index in [2.05, 4.69) is 10.3 Å². The molecular formula is C21H16ClFN4O6S3. The number of urea groups is 1. The maximum Gasteiger partial charge on any atom is 0.333 e. The number of benzene rings is 2. The molecule has 4 aromatic rings. The first-order valence-electron chi connectivity index (χ1n) is 9.89. The largest absolute Gasteiger partial charge is 0.333 e. The topological polar surface area (TPSA) is 144 Å². The molecule has 10 nitrogen and oxygen atoms in total. The third-order valence-corrected chi connectivity index (χ3v) is 9.09. The molecular weight excluding hydrogens is 555 g/mol. The Kier molecular flexibility index (Phi) is 6.64. The number of amides is 2. The van der Waals surface area contributed by atoms with E-state index < -0.39 is 37.3 Å². The van der Waals surface area contributed by atoms with Crippen molar-refractivity contribution in [2.45, 2.75) is 16.0 Å². The molecule has 0 aliphatic rings. The van der Waals surface area contributed by atoms with Crippen LogP contribution in [0.5, 0.6) is 0 Å². The average Bonchev–Trinajstić information content (AvgIpc) is 3.21. The SMILES string of the molecule is Cc1nc2ccc(S(C)(=O)=O)cc2c(=O)n1-c1ccc(NC(=O)NS(=O)(=O)c2ccc(Cl)s2)cc1F. The third-order valence-electron chi connectivity index (χ3n) is 4.92. The smallest absolute Gasteiger partial charge is 0.307 e. The number of carbonyl (C=O) groups excluding carboxylic acids is 1. The number of thiophene rings is 1. The van der Waals surface area contributed by atoms with Crippen LogP contribution in [0.4, 0.5) is 14.9 Å². The van der Waals surface area contributed by atoms with Crippen LogP contribution in [-0.4, -0.2) is 38.7 Å². The highest BCUT2D eigenvalue weighted by molar-refractivity contribution is 7.92. The Morgan fingerprint density at radius 2 is 1.81 bits per heavy atom. The van der Waals surface area contributed by atoms with Gasteiger partial charge in [0, 0.05) is 11.9 Å². The summed E-state index contributed by atoms with van der Waals surface area (Å²) in [4.78, 5) is 29.5. The fourth-order valence-corrected chi connectivity index (χ4v) is 6.36. The van der Waals surface area contributed by atoms with Gasteiger partial charge in [0.15, 0.2) is 9.84 Å².